The zero-order valence-corrected chi connectivity index (χ0v) is 12.9. The Kier molecular flexibility index (Phi) is 3.01. The Morgan fingerprint density at radius 3 is 2.29 bits per heavy atom. The summed E-state index contributed by atoms with van der Waals surface area (Å²) in [5.74, 6) is 0. The molecule has 3 aromatic heterocycles. The predicted octanol–water partition coefficient (Wildman–Crippen LogP) is 5.86. The molecule has 0 amide bonds. The average molecular weight is 280 g/mol. The molecule has 3 aromatic rings. The lowest BCUT2D eigenvalue weighted by atomic mass is 10.2. The van der Waals surface area contributed by atoms with Crippen molar-refractivity contribution >= 4 is 52.8 Å². The Hall–Kier alpha value is -0.380. The molecule has 0 aliphatic carbocycles. The van der Waals surface area contributed by atoms with E-state index in [0.29, 0.717) is 0 Å². The maximum absolute atomic E-state index is 2.34. The van der Waals surface area contributed by atoms with Crippen LogP contribution >= 0.6 is 34.0 Å². The summed E-state index contributed by atoms with van der Waals surface area (Å²) in [5, 5.41) is 2.34. The standard InChI is InChI=1S/C14H16S3/c1-4-8-7-15-13-11(8)17-12-9(5-2)10(6-3)16-14(12)13/h7H,4-6H2,1-3H3. The minimum Gasteiger partial charge on any atom is -0.141 e. The van der Waals surface area contributed by atoms with Crippen molar-refractivity contribution in [3.8, 4) is 0 Å². The summed E-state index contributed by atoms with van der Waals surface area (Å²) in [4.78, 5) is 1.60. The monoisotopic (exact) mass is 280 g/mol. The number of thiophene rings is 3. The smallest absolute Gasteiger partial charge is 0.0635 e. The molecule has 0 atom stereocenters. The van der Waals surface area contributed by atoms with Crippen molar-refractivity contribution in [2.45, 2.75) is 40.0 Å². The topological polar surface area (TPSA) is 0 Å². The molecule has 3 rings (SSSR count). The number of aryl methyl sites for hydroxylation is 3. The van der Waals surface area contributed by atoms with Gasteiger partial charge in [0.25, 0.3) is 0 Å². The third-order valence-corrected chi connectivity index (χ3v) is 7.48. The van der Waals surface area contributed by atoms with E-state index < -0.39 is 0 Å². The van der Waals surface area contributed by atoms with Gasteiger partial charge in [0, 0.05) is 4.88 Å². The van der Waals surface area contributed by atoms with Gasteiger partial charge in [0.15, 0.2) is 0 Å². The van der Waals surface area contributed by atoms with Crippen LogP contribution in [0.4, 0.5) is 0 Å². The fraction of sp³-hybridized carbons (Fsp3) is 0.429. The lowest BCUT2D eigenvalue weighted by Gasteiger charge is -1.96. The van der Waals surface area contributed by atoms with Crippen LogP contribution in [0.5, 0.6) is 0 Å². The molecule has 0 aliphatic rings. The summed E-state index contributed by atoms with van der Waals surface area (Å²) in [6.07, 6.45) is 3.52. The summed E-state index contributed by atoms with van der Waals surface area (Å²) in [7, 11) is 0. The van der Waals surface area contributed by atoms with Gasteiger partial charge in [-0.25, -0.2) is 0 Å². The van der Waals surface area contributed by atoms with Gasteiger partial charge in [-0.1, -0.05) is 20.8 Å². The third-order valence-electron chi connectivity index (χ3n) is 3.33. The zero-order valence-electron chi connectivity index (χ0n) is 10.4. The van der Waals surface area contributed by atoms with Crippen LogP contribution in [0, 0.1) is 0 Å². The van der Waals surface area contributed by atoms with Gasteiger partial charge in [0.2, 0.25) is 0 Å². The van der Waals surface area contributed by atoms with Gasteiger partial charge in [-0.05, 0) is 35.8 Å². The summed E-state index contributed by atoms with van der Waals surface area (Å²) < 4.78 is 6.23. The lowest BCUT2D eigenvalue weighted by molar-refractivity contribution is 1.09. The first-order chi connectivity index (χ1) is 8.30. The Morgan fingerprint density at radius 2 is 1.65 bits per heavy atom. The molecule has 0 saturated carbocycles. The molecule has 0 aliphatic heterocycles. The highest BCUT2D eigenvalue weighted by Crippen LogP contribution is 2.46. The Balaban J connectivity index is 2.38. The Labute approximate surface area is 114 Å². The lowest BCUT2D eigenvalue weighted by Crippen LogP contribution is -1.81. The van der Waals surface area contributed by atoms with Crippen LogP contribution in [-0.4, -0.2) is 0 Å². The van der Waals surface area contributed by atoms with E-state index in [-0.39, 0.29) is 0 Å². The average Bonchev–Trinajstić information content (AvgIpc) is 2.96. The molecule has 0 N–H and O–H groups in total. The van der Waals surface area contributed by atoms with Crippen LogP contribution in [0.1, 0.15) is 36.8 Å². The minimum absolute atomic E-state index is 1.16. The highest BCUT2D eigenvalue weighted by molar-refractivity contribution is 7.38. The van der Waals surface area contributed by atoms with Crippen LogP contribution < -0.4 is 0 Å². The van der Waals surface area contributed by atoms with Crippen LogP contribution in [0.25, 0.3) is 18.8 Å². The number of rotatable bonds is 3. The van der Waals surface area contributed by atoms with Crippen LogP contribution in [0.3, 0.4) is 0 Å². The van der Waals surface area contributed by atoms with E-state index in [4.69, 9.17) is 0 Å². The fourth-order valence-electron chi connectivity index (χ4n) is 2.39. The van der Waals surface area contributed by atoms with E-state index >= 15 is 0 Å². The largest absolute Gasteiger partial charge is 0.141 e. The molecular formula is C14H16S3. The Morgan fingerprint density at radius 1 is 0.824 bits per heavy atom. The van der Waals surface area contributed by atoms with E-state index in [1.165, 1.54) is 12.8 Å². The summed E-state index contributed by atoms with van der Waals surface area (Å²) in [5.41, 5.74) is 3.15. The van der Waals surface area contributed by atoms with Crippen molar-refractivity contribution in [1.29, 1.82) is 0 Å². The number of hydrogen-bond acceptors (Lipinski definition) is 3. The molecule has 0 unspecified atom stereocenters. The van der Waals surface area contributed by atoms with E-state index in [9.17, 15) is 0 Å². The van der Waals surface area contributed by atoms with E-state index in [0.717, 1.165) is 6.42 Å². The van der Waals surface area contributed by atoms with Gasteiger partial charge in [-0.3, -0.25) is 0 Å². The quantitative estimate of drug-likeness (QED) is 0.563. The molecule has 0 nitrogen and oxygen atoms in total. The van der Waals surface area contributed by atoms with Crippen molar-refractivity contribution in [3.63, 3.8) is 0 Å². The maximum Gasteiger partial charge on any atom is 0.0635 e. The first-order valence-electron chi connectivity index (χ1n) is 6.23. The minimum atomic E-state index is 1.16. The molecule has 0 spiro atoms. The van der Waals surface area contributed by atoms with E-state index in [1.54, 1.807) is 34.8 Å². The van der Waals surface area contributed by atoms with Crippen molar-refractivity contribution in [2.75, 3.05) is 0 Å². The van der Waals surface area contributed by atoms with Gasteiger partial charge in [-0.15, -0.1) is 34.0 Å². The maximum atomic E-state index is 2.34. The third kappa shape index (κ3) is 1.60. The molecule has 0 bridgehead atoms. The van der Waals surface area contributed by atoms with Gasteiger partial charge >= 0.3 is 0 Å². The van der Waals surface area contributed by atoms with Crippen LogP contribution in [0.15, 0.2) is 5.38 Å². The SMILES string of the molecule is CCc1sc2c(sc3c(CC)csc32)c1CC. The highest BCUT2D eigenvalue weighted by atomic mass is 32.1. The second-order valence-electron chi connectivity index (χ2n) is 4.24. The summed E-state index contributed by atoms with van der Waals surface area (Å²) in [6, 6.07) is 0. The van der Waals surface area contributed by atoms with Crippen molar-refractivity contribution in [3.05, 3.63) is 21.4 Å². The molecule has 17 heavy (non-hydrogen) atoms. The summed E-state index contributed by atoms with van der Waals surface area (Å²) in [6.45, 7) is 6.82. The van der Waals surface area contributed by atoms with Crippen molar-refractivity contribution in [1.82, 2.24) is 0 Å². The molecule has 0 aromatic carbocycles. The molecule has 3 heterocycles. The Bertz CT molecular complexity index is 666. The highest BCUT2D eigenvalue weighted by Gasteiger charge is 2.17. The molecule has 0 saturated heterocycles. The second kappa shape index (κ2) is 4.38. The van der Waals surface area contributed by atoms with E-state index in [2.05, 4.69) is 26.2 Å². The molecule has 0 fully saturated rings. The van der Waals surface area contributed by atoms with Gasteiger partial charge in [0.1, 0.15) is 0 Å². The normalized spacial score (nSPS) is 11.9. The van der Waals surface area contributed by atoms with Crippen molar-refractivity contribution < 1.29 is 0 Å². The fourth-order valence-corrected chi connectivity index (χ4v) is 6.93. The van der Waals surface area contributed by atoms with Crippen LogP contribution in [0.2, 0.25) is 0 Å². The summed E-state index contributed by atoms with van der Waals surface area (Å²) >= 11 is 6.00. The second-order valence-corrected chi connectivity index (χ2v) is 7.25. The van der Waals surface area contributed by atoms with Crippen LogP contribution in [-0.2, 0) is 19.3 Å². The molecule has 90 valence electrons. The van der Waals surface area contributed by atoms with Gasteiger partial charge < -0.3 is 0 Å². The number of fused-ring (bicyclic) bond motifs is 3. The first kappa shape index (κ1) is 11.7. The molecule has 3 heteroatoms. The van der Waals surface area contributed by atoms with Crippen molar-refractivity contribution in [2.24, 2.45) is 0 Å². The molecule has 0 radical (unpaired) electrons. The van der Waals surface area contributed by atoms with Gasteiger partial charge in [-0.2, -0.15) is 0 Å². The van der Waals surface area contributed by atoms with Gasteiger partial charge in [0.05, 0.1) is 18.8 Å². The first-order valence-corrected chi connectivity index (χ1v) is 8.74. The zero-order chi connectivity index (χ0) is 12.0. The number of hydrogen-bond donors (Lipinski definition) is 0. The van der Waals surface area contributed by atoms with E-state index in [1.807, 2.05) is 34.0 Å². The predicted molar refractivity (Wildman–Crippen MR) is 83.2 cm³/mol. The molecular weight excluding hydrogens is 264 g/mol.